The summed E-state index contributed by atoms with van der Waals surface area (Å²) in [5.74, 6) is 1.61. The zero-order chi connectivity index (χ0) is 18.1. The summed E-state index contributed by atoms with van der Waals surface area (Å²) in [6.45, 7) is 0.739. The summed E-state index contributed by atoms with van der Waals surface area (Å²) in [4.78, 5) is 18.4. The summed E-state index contributed by atoms with van der Waals surface area (Å²) in [5.41, 5.74) is 2.69. The van der Waals surface area contributed by atoms with Gasteiger partial charge in [0.25, 0.3) is 5.91 Å². The average Bonchev–Trinajstić information content (AvgIpc) is 3.34. The number of ether oxygens (including phenoxy) is 2. The predicted octanol–water partition coefficient (Wildman–Crippen LogP) is 4.16. The fraction of sp³-hybridized carbons (Fsp3) is 0.286. The summed E-state index contributed by atoms with van der Waals surface area (Å²) in [6.07, 6.45) is 3.70. The van der Waals surface area contributed by atoms with Crippen LogP contribution in [0.3, 0.4) is 0 Å². The Hall–Kier alpha value is -2.95. The maximum Gasteiger partial charge on any atom is 0.256 e. The van der Waals surface area contributed by atoms with Crippen molar-refractivity contribution in [3.05, 3.63) is 59.8 Å². The molecule has 1 aliphatic heterocycles. The summed E-state index contributed by atoms with van der Waals surface area (Å²) < 4.78 is 10.9. The number of nitrogens with zero attached hydrogens (tertiary/aromatic N) is 1. The highest BCUT2D eigenvalue weighted by atomic mass is 16.5. The van der Waals surface area contributed by atoms with Gasteiger partial charge in [-0.05, 0) is 37.1 Å². The molecule has 0 radical (unpaired) electrons. The molecule has 2 aromatic carbocycles. The van der Waals surface area contributed by atoms with Gasteiger partial charge in [0.15, 0.2) is 0 Å². The maximum absolute atomic E-state index is 13.3. The molecule has 1 saturated heterocycles. The monoisotopic (exact) mass is 350 g/mol. The van der Waals surface area contributed by atoms with Gasteiger partial charge in [0, 0.05) is 29.2 Å². The molecule has 5 heteroatoms. The topological polar surface area (TPSA) is 54.6 Å². The van der Waals surface area contributed by atoms with Crippen molar-refractivity contribution >= 4 is 16.8 Å². The van der Waals surface area contributed by atoms with E-state index in [1.54, 1.807) is 14.2 Å². The molecule has 1 atom stereocenters. The van der Waals surface area contributed by atoms with Crippen LogP contribution in [0.15, 0.2) is 48.7 Å². The molecule has 1 amide bonds. The van der Waals surface area contributed by atoms with Crippen molar-refractivity contribution in [3.63, 3.8) is 0 Å². The van der Waals surface area contributed by atoms with Crippen molar-refractivity contribution < 1.29 is 14.3 Å². The number of hydrogen-bond acceptors (Lipinski definition) is 3. The van der Waals surface area contributed by atoms with E-state index in [4.69, 9.17) is 9.47 Å². The molecule has 4 rings (SSSR count). The number of carbonyl (C=O) groups excluding carboxylic acids is 1. The van der Waals surface area contributed by atoms with E-state index >= 15 is 0 Å². The molecule has 0 unspecified atom stereocenters. The molecule has 1 fully saturated rings. The van der Waals surface area contributed by atoms with Crippen LogP contribution in [0.5, 0.6) is 11.5 Å². The van der Waals surface area contributed by atoms with E-state index < -0.39 is 0 Å². The molecule has 0 bridgehead atoms. The van der Waals surface area contributed by atoms with E-state index in [1.807, 2.05) is 53.6 Å². The number of aromatic amines is 1. The number of H-pyrrole nitrogens is 1. The Kier molecular flexibility index (Phi) is 4.29. The maximum atomic E-state index is 13.3. The Morgan fingerprint density at radius 3 is 2.81 bits per heavy atom. The van der Waals surface area contributed by atoms with E-state index in [-0.39, 0.29) is 11.9 Å². The highest BCUT2D eigenvalue weighted by molar-refractivity contribution is 6.06. The molecular weight excluding hydrogens is 328 g/mol. The zero-order valence-corrected chi connectivity index (χ0v) is 15.0. The van der Waals surface area contributed by atoms with Crippen molar-refractivity contribution in [1.29, 1.82) is 0 Å². The van der Waals surface area contributed by atoms with Gasteiger partial charge in [-0.2, -0.15) is 0 Å². The molecule has 2 heterocycles. The summed E-state index contributed by atoms with van der Waals surface area (Å²) in [5, 5.41) is 0.959. The van der Waals surface area contributed by atoms with Gasteiger partial charge < -0.3 is 19.4 Å². The molecule has 134 valence electrons. The largest absolute Gasteiger partial charge is 0.497 e. The number of methoxy groups -OCH3 is 2. The SMILES string of the molecule is COc1ccc(OC)c([C@@H]2CCCN2C(=O)c2c[nH]c3ccccc23)c1. The minimum Gasteiger partial charge on any atom is -0.497 e. The van der Waals surface area contributed by atoms with Gasteiger partial charge in [-0.25, -0.2) is 0 Å². The second-order valence-corrected chi connectivity index (χ2v) is 6.51. The Labute approximate surface area is 152 Å². The molecule has 5 nitrogen and oxygen atoms in total. The standard InChI is InChI=1S/C21H22N2O3/c1-25-14-9-10-20(26-2)16(12-14)19-8-5-11-23(19)21(24)17-13-22-18-7-4-3-6-15(17)18/h3-4,6-7,9-10,12-13,19,22H,5,8,11H2,1-2H3/t19-/m0/s1. The lowest BCUT2D eigenvalue weighted by molar-refractivity contribution is 0.0736. The Bertz CT molecular complexity index is 947. The third kappa shape index (κ3) is 2.69. The van der Waals surface area contributed by atoms with Gasteiger partial charge in [-0.3, -0.25) is 4.79 Å². The molecule has 0 spiro atoms. The number of aromatic nitrogens is 1. The van der Waals surface area contributed by atoms with E-state index in [9.17, 15) is 4.79 Å². The first-order valence-electron chi connectivity index (χ1n) is 8.82. The highest BCUT2D eigenvalue weighted by Crippen LogP contribution is 2.40. The second-order valence-electron chi connectivity index (χ2n) is 6.51. The number of nitrogens with one attached hydrogen (secondary N) is 1. The van der Waals surface area contributed by atoms with Crippen LogP contribution in [0.25, 0.3) is 10.9 Å². The lowest BCUT2D eigenvalue weighted by Gasteiger charge is -2.26. The average molecular weight is 350 g/mol. The van der Waals surface area contributed by atoms with Crippen molar-refractivity contribution in [2.75, 3.05) is 20.8 Å². The Morgan fingerprint density at radius 1 is 1.15 bits per heavy atom. The number of likely N-dealkylation sites (tertiary alicyclic amines) is 1. The molecule has 1 aromatic heterocycles. The third-order valence-electron chi connectivity index (χ3n) is 5.13. The lowest BCUT2D eigenvalue weighted by Crippen LogP contribution is -2.30. The first kappa shape index (κ1) is 16.5. The number of fused-ring (bicyclic) bond motifs is 1. The molecule has 3 aromatic rings. The second kappa shape index (κ2) is 6.75. The summed E-state index contributed by atoms with van der Waals surface area (Å²) >= 11 is 0. The third-order valence-corrected chi connectivity index (χ3v) is 5.13. The highest BCUT2D eigenvalue weighted by Gasteiger charge is 2.33. The molecule has 26 heavy (non-hydrogen) atoms. The van der Waals surface area contributed by atoms with Crippen LogP contribution < -0.4 is 9.47 Å². The Balaban J connectivity index is 1.72. The fourth-order valence-corrected chi connectivity index (χ4v) is 3.84. The lowest BCUT2D eigenvalue weighted by atomic mass is 10.0. The van der Waals surface area contributed by atoms with Crippen LogP contribution in [0.4, 0.5) is 0 Å². The minimum atomic E-state index is -0.0128. The normalized spacial score (nSPS) is 16.8. The van der Waals surface area contributed by atoms with Crippen LogP contribution in [-0.4, -0.2) is 36.6 Å². The molecule has 0 saturated carbocycles. The van der Waals surface area contributed by atoms with Crippen molar-refractivity contribution in [2.45, 2.75) is 18.9 Å². The van der Waals surface area contributed by atoms with Gasteiger partial charge in [-0.15, -0.1) is 0 Å². The zero-order valence-electron chi connectivity index (χ0n) is 15.0. The molecule has 1 N–H and O–H groups in total. The van der Waals surface area contributed by atoms with Crippen molar-refractivity contribution in [2.24, 2.45) is 0 Å². The van der Waals surface area contributed by atoms with Crippen LogP contribution in [-0.2, 0) is 0 Å². The molecule has 0 aliphatic carbocycles. The smallest absolute Gasteiger partial charge is 0.256 e. The van der Waals surface area contributed by atoms with E-state index in [0.717, 1.165) is 52.9 Å². The summed E-state index contributed by atoms with van der Waals surface area (Å²) in [6, 6.07) is 13.6. The first-order chi connectivity index (χ1) is 12.7. The quantitative estimate of drug-likeness (QED) is 0.769. The number of benzene rings is 2. The van der Waals surface area contributed by atoms with Crippen LogP contribution in [0.1, 0.15) is 34.8 Å². The van der Waals surface area contributed by atoms with Gasteiger partial charge in [0.1, 0.15) is 11.5 Å². The van der Waals surface area contributed by atoms with E-state index in [1.165, 1.54) is 0 Å². The number of rotatable bonds is 4. The van der Waals surface area contributed by atoms with Gasteiger partial charge in [0.2, 0.25) is 0 Å². The van der Waals surface area contributed by atoms with Crippen molar-refractivity contribution in [1.82, 2.24) is 9.88 Å². The van der Waals surface area contributed by atoms with Crippen LogP contribution >= 0.6 is 0 Å². The van der Waals surface area contributed by atoms with Crippen LogP contribution in [0, 0.1) is 0 Å². The number of hydrogen-bond donors (Lipinski definition) is 1. The predicted molar refractivity (Wildman–Crippen MR) is 101 cm³/mol. The Morgan fingerprint density at radius 2 is 2.00 bits per heavy atom. The fourth-order valence-electron chi connectivity index (χ4n) is 3.84. The van der Waals surface area contributed by atoms with E-state index in [2.05, 4.69) is 4.98 Å². The minimum absolute atomic E-state index is 0.0128. The summed E-state index contributed by atoms with van der Waals surface area (Å²) in [7, 11) is 3.31. The van der Waals surface area contributed by atoms with Gasteiger partial charge >= 0.3 is 0 Å². The van der Waals surface area contributed by atoms with E-state index in [0.29, 0.717) is 0 Å². The number of para-hydroxylation sites is 1. The van der Waals surface area contributed by atoms with Gasteiger partial charge in [-0.1, -0.05) is 18.2 Å². The van der Waals surface area contributed by atoms with Gasteiger partial charge in [0.05, 0.1) is 25.8 Å². The number of amides is 1. The molecular formula is C21H22N2O3. The van der Waals surface area contributed by atoms with Crippen molar-refractivity contribution in [3.8, 4) is 11.5 Å². The first-order valence-corrected chi connectivity index (χ1v) is 8.82. The number of carbonyl (C=O) groups is 1. The van der Waals surface area contributed by atoms with Crippen LogP contribution in [0.2, 0.25) is 0 Å². The molecule has 1 aliphatic rings.